The van der Waals surface area contributed by atoms with E-state index in [1.165, 1.54) is 11.5 Å². The van der Waals surface area contributed by atoms with Gasteiger partial charge in [0.15, 0.2) is 0 Å². The Morgan fingerprint density at radius 3 is 2.70 bits per heavy atom. The third kappa shape index (κ3) is 2.23. The van der Waals surface area contributed by atoms with Crippen LogP contribution in [0.15, 0.2) is 53.3 Å². The summed E-state index contributed by atoms with van der Waals surface area (Å²) < 4.78 is 2.51. The van der Waals surface area contributed by atoms with Gasteiger partial charge in [0.05, 0.1) is 22.2 Å². The van der Waals surface area contributed by atoms with Crippen LogP contribution in [0.1, 0.15) is 5.56 Å². The van der Waals surface area contributed by atoms with Crippen molar-refractivity contribution in [3.05, 3.63) is 64.4 Å². The molecule has 1 N–H and O–H groups in total. The van der Waals surface area contributed by atoms with Gasteiger partial charge in [-0.15, -0.1) is 0 Å². The minimum atomic E-state index is -0.883. The highest BCUT2D eigenvalue weighted by molar-refractivity contribution is 7.14. The Balaban J connectivity index is 2.13. The second-order valence-electron chi connectivity index (χ2n) is 4.43. The maximum atomic E-state index is 12.3. The third-order valence-electron chi connectivity index (χ3n) is 2.99. The van der Waals surface area contributed by atoms with Gasteiger partial charge in [-0.2, -0.15) is 0 Å². The molecule has 0 saturated heterocycles. The maximum absolute atomic E-state index is 12.3. The molecule has 0 aliphatic carbocycles. The molecular formula is C15H11NO3S. The van der Waals surface area contributed by atoms with Gasteiger partial charge in [-0.05, 0) is 29.8 Å². The van der Waals surface area contributed by atoms with Gasteiger partial charge < -0.3 is 5.11 Å². The lowest BCUT2D eigenvalue weighted by molar-refractivity contribution is -0.136. The van der Waals surface area contributed by atoms with Gasteiger partial charge in [0.1, 0.15) is 0 Å². The fourth-order valence-corrected chi connectivity index (χ4v) is 3.10. The number of aromatic nitrogens is 1. The highest BCUT2D eigenvalue weighted by Gasteiger charge is 2.09. The molecule has 0 aliphatic rings. The molecule has 4 nitrogen and oxygen atoms in total. The Hall–Kier alpha value is -2.40. The Bertz CT molecular complexity index is 847. The quantitative estimate of drug-likeness (QED) is 0.805. The van der Waals surface area contributed by atoms with Crippen molar-refractivity contribution >= 4 is 27.6 Å². The minimum absolute atomic E-state index is 0.0481. The topological polar surface area (TPSA) is 59.3 Å². The van der Waals surface area contributed by atoms with E-state index in [2.05, 4.69) is 0 Å². The lowest BCUT2D eigenvalue weighted by atomic mass is 10.1. The summed E-state index contributed by atoms with van der Waals surface area (Å²) in [7, 11) is 0. The molecule has 2 aromatic carbocycles. The van der Waals surface area contributed by atoms with Gasteiger partial charge in [-0.1, -0.05) is 35.8 Å². The van der Waals surface area contributed by atoms with Crippen molar-refractivity contribution in [2.24, 2.45) is 0 Å². The third-order valence-corrected chi connectivity index (χ3v) is 4.10. The number of carboxylic acid groups (broad SMARTS) is 1. The van der Waals surface area contributed by atoms with Crippen LogP contribution in [-0.2, 0) is 11.2 Å². The highest BCUT2D eigenvalue weighted by atomic mass is 32.1. The van der Waals surface area contributed by atoms with Crippen molar-refractivity contribution in [1.82, 2.24) is 3.96 Å². The fourth-order valence-electron chi connectivity index (χ4n) is 2.11. The first-order valence-electron chi connectivity index (χ1n) is 6.07. The smallest absolute Gasteiger partial charge is 0.307 e. The first kappa shape index (κ1) is 12.6. The molecule has 1 aromatic heterocycles. The van der Waals surface area contributed by atoms with E-state index in [1.54, 1.807) is 28.2 Å². The van der Waals surface area contributed by atoms with E-state index in [0.717, 1.165) is 4.70 Å². The Morgan fingerprint density at radius 1 is 1.15 bits per heavy atom. The van der Waals surface area contributed by atoms with E-state index >= 15 is 0 Å². The molecule has 3 rings (SSSR count). The monoisotopic (exact) mass is 285 g/mol. The van der Waals surface area contributed by atoms with Crippen molar-refractivity contribution in [3.63, 3.8) is 0 Å². The number of hydrogen-bond acceptors (Lipinski definition) is 3. The summed E-state index contributed by atoms with van der Waals surface area (Å²) >= 11 is 1.36. The largest absolute Gasteiger partial charge is 0.481 e. The number of hydrogen-bond donors (Lipinski definition) is 1. The summed E-state index contributed by atoms with van der Waals surface area (Å²) in [5, 5.41) is 9.51. The molecule has 0 fully saturated rings. The molecule has 0 atom stereocenters. The van der Waals surface area contributed by atoms with Crippen molar-refractivity contribution in [2.75, 3.05) is 0 Å². The average molecular weight is 285 g/mol. The Labute approximate surface area is 118 Å². The molecule has 0 aliphatic heterocycles. The first-order chi connectivity index (χ1) is 9.65. The van der Waals surface area contributed by atoms with E-state index in [-0.39, 0.29) is 12.0 Å². The minimum Gasteiger partial charge on any atom is -0.481 e. The van der Waals surface area contributed by atoms with E-state index in [9.17, 15) is 9.59 Å². The van der Waals surface area contributed by atoms with Gasteiger partial charge in [-0.3, -0.25) is 9.59 Å². The van der Waals surface area contributed by atoms with E-state index in [0.29, 0.717) is 16.6 Å². The summed E-state index contributed by atoms with van der Waals surface area (Å²) in [4.78, 5) is 23.1. The van der Waals surface area contributed by atoms with Gasteiger partial charge >= 0.3 is 5.97 Å². The van der Waals surface area contributed by atoms with Crippen LogP contribution in [0.3, 0.4) is 0 Å². The highest BCUT2D eigenvalue weighted by Crippen LogP contribution is 2.20. The summed E-state index contributed by atoms with van der Waals surface area (Å²) in [5.41, 5.74) is 1.31. The molecule has 3 aromatic rings. The van der Waals surface area contributed by atoms with Crippen LogP contribution in [0.4, 0.5) is 0 Å². The molecule has 0 saturated carbocycles. The molecule has 0 bridgehead atoms. The Morgan fingerprint density at radius 2 is 1.95 bits per heavy atom. The zero-order valence-corrected chi connectivity index (χ0v) is 11.3. The number of carbonyl (C=O) groups is 1. The van der Waals surface area contributed by atoms with Crippen LogP contribution in [-0.4, -0.2) is 15.0 Å². The maximum Gasteiger partial charge on any atom is 0.307 e. The molecule has 1 heterocycles. The van der Waals surface area contributed by atoms with Crippen molar-refractivity contribution in [1.29, 1.82) is 0 Å². The van der Waals surface area contributed by atoms with E-state index in [4.69, 9.17) is 5.11 Å². The summed E-state index contributed by atoms with van der Waals surface area (Å²) in [5.74, 6) is -0.883. The second-order valence-corrected chi connectivity index (χ2v) is 5.41. The normalized spacial score (nSPS) is 10.8. The number of nitrogens with zero attached hydrogens (tertiary/aromatic N) is 1. The fraction of sp³-hybridized carbons (Fsp3) is 0.0667. The molecule has 5 heteroatoms. The number of rotatable bonds is 3. The van der Waals surface area contributed by atoms with Crippen LogP contribution in [0.2, 0.25) is 0 Å². The number of carboxylic acids is 1. The lowest BCUT2D eigenvalue weighted by Gasteiger charge is -2.02. The van der Waals surface area contributed by atoms with Gasteiger partial charge in [0, 0.05) is 0 Å². The SMILES string of the molecule is O=C(O)Cc1cccc(-n2sc3ccccc3c2=O)c1. The zero-order valence-electron chi connectivity index (χ0n) is 10.4. The van der Waals surface area contributed by atoms with Gasteiger partial charge in [-0.25, -0.2) is 3.96 Å². The standard InChI is InChI=1S/C15H11NO3S/c17-14(18)9-10-4-3-5-11(8-10)16-15(19)12-6-1-2-7-13(12)20-16/h1-8H,9H2,(H,17,18). The van der Waals surface area contributed by atoms with Crippen LogP contribution in [0.5, 0.6) is 0 Å². The summed E-state index contributed by atoms with van der Waals surface area (Å²) in [6, 6.07) is 14.5. The van der Waals surface area contributed by atoms with Crippen LogP contribution >= 0.6 is 11.5 Å². The summed E-state index contributed by atoms with van der Waals surface area (Å²) in [6.07, 6.45) is -0.0481. The number of aliphatic carboxylic acids is 1. The number of fused-ring (bicyclic) bond motifs is 1. The predicted molar refractivity (Wildman–Crippen MR) is 78.8 cm³/mol. The van der Waals surface area contributed by atoms with Crippen molar-refractivity contribution in [2.45, 2.75) is 6.42 Å². The molecule has 0 unspecified atom stereocenters. The van der Waals surface area contributed by atoms with E-state index in [1.807, 2.05) is 24.3 Å². The van der Waals surface area contributed by atoms with Crippen LogP contribution in [0, 0.1) is 0 Å². The van der Waals surface area contributed by atoms with E-state index < -0.39 is 5.97 Å². The van der Waals surface area contributed by atoms with Crippen molar-refractivity contribution < 1.29 is 9.90 Å². The molecule has 0 radical (unpaired) electrons. The lowest BCUT2D eigenvalue weighted by Crippen LogP contribution is -2.11. The van der Waals surface area contributed by atoms with Gasteiger partial charge in [0.2, 0.25) is 0 Å². The molecule has 100 valence electrons. The average Bonchev–Trinajstić information content (AvgIpc) is 2.76. The second kappa shape index (κ2) is 4.94. The Kier molecular flexibility index (Phi) is 3.12. The molecule has 0 spiro atoms. The first-order valence-corrected chi connectivity index (χ1v) is 6.84. The summed E-state index contributed by atoms with van der Waals surface area (Å²) in [6.45, 7) is 0. The molecule has 0 amide bonds. The van der Waals surface area contributed by atoms with Crippen LogP contribution in [0.25, 0.3) is 15.8 Å². The van der Waals surface area contributed by atoms with Gasteiger partial charge in [0.25, 0.3) is 5.56 Å². The molecule has 20 heavy (non-hydrogen) atoms. The van der Waals surface area contributed by atoms with Crippen molar-refractivity contribution in [3.8, 4) is 5.69 Å². The number of benzene rings is 2. The zero-order chi connectivity index (χ0) is 14.1. The molecular weight excluding hydrogens is 274 g/mol. The van der Waals surface area contributed by atoms with Crippen LogP contribution < -0.4 is 5.56 Å². The predicted octanol–water partition coefficient (Wildman–Crippen LogP) is 2.68.